The zero-order valence-electron chi connectivity index (χ0n) is 17.7. The molecule has 0 saturated carbocycles. The van der Waals surface area contributed by atoms with Gasteiger partial charge in [-0.2, -0.15) is 0 Å². The topological polar surface area (TPSA) is 64.3 Å². The Balaban J connectivity index is 1.42. The molecular formula is C23H28FN5O. The molecule has 1 aromatic carbocycles. The van der Waals surface area contributed by atoms with Crippen LogP contribution in [0.3, 0.4) is 0 Å². The molecule has 1 aliphatic heterocycles. The number of nitrogens with zero attached hydrogens (tertiary/aromatic N) is 3. The lowest BCUT2D eigenvalue weighted by atomic mass is 10.0. The van der Waals surface area contributed by atoms with Gasteiger partial charge >= 0.3 is 0 Å². The first-order valence-corrected chi connectivity index (χ1v) is 10.4. The third-order valence-electron chi connectivity index (χ3n) is 5.68. The van der Waals surface area contributed by atoms with Crippen LogP contribution in [0.5, 0.6) is 0 Å². The number of anilines is 2. The molecule has 7 heteroatoms. The Labute approximate surface area is 176 Å². The molecule has 2 N–H and O–H groups in total. The molecule has 30 heavy (non-hydrogen) atoms. The van der Waals surface area contributed by atoms with Crippen molar-refractivity contribution in [2.24, 2.45) is 0 Å². The summed E-state index contributed by atoms with van der Waals surface area (Å²) in [6.07, 6.45) is 3.55. The van der Waals surface area contributed by atoms with Crippen LogP contribution in [0.2, 0.25) is 0 Å². The minimum Gasteiger partial charge on any atom is -0.380 e. The zero-order chi connectivity index (χ0) is 21.3. The SMILES string of the molecule is CC(C)Nc1cccnc1N(C)C1CCN(C(=O)c2cc3cc(F)ccc3[nH]2)CC1. The van der Waals surface area contributed by atoms with Crippen LogP contribution in [-0.2, 0) is 0 Å². The number of pyridine rings is 1. The van der Waals surface area contributed by atoms with Crippen molar-refractivity contribution in [2.45, 2.75) is 38.8 Å². The van der Waals surface area contributed by atoms with E-state index in [1.807, 2.05) is 17.2 Å². The Kier molecular flexibility index (Phi) is 5.61. The second-order valence-corrected chi connectivity index (χ2v) is 8.22. The van der Waals surface area contributed by atoms with E-state index in [0.29, 0.717) is 36.3 Å². The molecule has 1 fully saturated rings. The molecule has 0 bridgehead atoms. The minimum absolute atomic E-state index is 0.0345. The summed E-state index contributed by atoms with van der Waals surface area (Å²) in [6.45, 7) is 5.58. The van der Waals surface area contributed by atoms with Crippen molar-refractivity contribution in [3.8, 4) is 0 Å². The summed E-state index contributed by atoms with van der Waals surface area (Å²) in [4.78, 5) is 24.7. The molecule has 1 amide bonds. The molecule has 3 aromatic rings. The highest BCUT2D eigenvalue weighted by atomic mass is 19.1. The number of benzene rings is 1. The fraction of sp³-hybridized carbons (Fsp3) is 0.391. The van der Waals surface area contributed by atoms with Crippen LogP contribution in [-0.4, -0.2) is 53.0 Å². The van der Waals surface area contributed by atoms with Gasteiger partial charge in [0.1, 0.15) is 11.5 Å². The second kappa shape index (κ2) is 8.34. The normalized spacial score (nSPS) is 15.0. The van der Waals surface area contributed by atoms with Crippen molar-refractivity contribution in [1.82, 2.24) is 14.9 Å². The Morgan fingerprint density at radius 3 is 2.77 bits per heavy atom. The van der Waals surface area contributed by atoms with Crippen LogP contribution in [0.4, 0.5) is 15.9 Å². The van der Waals surface area contributed by atoms with E-state index in [2.05, 4.69) is 47.1 Å². The average molecular weight is 410 g/mol. The van der Waals surface area contributed by atoms with E-state index < -0.39 is 0 Å². The summed E-state index contributed by atoms with van der Waals surface area (Å²) in [5.41, 5.74) is 2.31. The van der Waals surface area contributed by atoms with Gasteiger partial charge in [0.2, 0.25) is 0 Å². The molecule has 0 atom stereocenters. The Morgan fingerprint density at radius 2 is 2.03 bits per heavy atom. The maximum atomic E-state index is 13.4. The van der Waals surface area contributed by atoms with Gasteiger partial charge in [0.25, 0.3) is 5.91 Å². The number of carbonyl (C=O) groups is 1. The lowest BCUT2D eigenvalue weighted by molar-refractivity contribution is 0.0708. The predicted octanol–water partition coefficient (Wildman–Crippen LogP) is 4.26. The summed E-state index contributed by atoms with van der Waals surface area (Å²) in [6, 6.07) is 10.9. The first kappa shape index (κ1) is 20.2. The van der Waals surface area contributed by atoms with Crippen LogP contribution in [0.1, 0.15) is 37.2 Å². The number of aromatic nitrogens is 2. The maximum Gasteiger partial charge on any atom is 0.270 e. The van der Waals surface area contributed by atoms with E-state index in [0.717, 1.165) is 29.9 Å². The summed E-state index contributed by atoms with van der Waals surface area (Å²) >= 11 is 0. The highest BCUT2D eigenvalue weighted by Gasteiger charge is 2.28. The van der Waals surface area contributed by atoms with E-state index in [-0.39, 0.29) is 11.7 Å². The van der Waals surface area contributed by atoms with E-state index in [1.165, 1.54) is 12.1 Å². The highest BCUT2D eigenvalue weighted by Crippen LogP contribution is 2.28. The van der Waals surface area contributed by atoms with Gasteiger partial charge in [-0.15, -0.1) is 0 Å². The third kappa shape index (κ3) is 4.10. The number of H-pyrrole nitrogens is 1. The number of amides is 1. The highest BCUT2D eigenvalue weighted by molar-refractivity contribution is 5.98. The first-order chi connectivity index (χ1) is 14.4. The van der Waals surface area contributed by atoms with Crippen LogP contribution >= 0.6 is 0 Å². The number of piperidine rings is 1. The van der Waals surface area contributed by atoms with Gasteiger partial charge in [-0.1, -0.05) is 0 Å². The van der Waals surface area contributed by atoms with E-state index >= 15 is 0 Å². The van der Waals surface area contributed by atoms with Gasteiger partial charge in [-0.05, 0) is 63.1 Å². The van der Waals surface area contributed by atoms with Crippen molar-refractivity contribution >= 4 is 28.3 Å². The number of carbonyl (C=O) groups excluding carboxylic acids is 1. The summed E-state index contributed by atoms with van der Waals surface area (Å²) in [7, 11) is 2.07. The summed E-state index contributed by atoms with van der Waals surface area (Å²) in [5, 5.41) is 4.17. The van der Waals surface area contributed by atoms with Gasteiger partial charge in [0, 0.05) is 49.3 Å². The van der Waals surface area contributed by atoms with E-state index in [9.17, 15) is 9.18 Å². The molecule has 6 nitrogen and oxygen atoms in total. The van der Waals surface area contributed by atoms with Crippen molar-refractivity contribution in [3.05, 3.63) is 54.1 Å². The lowest BCUT2D eigenvalue weighted by Crippen LogP contribution is -2.46. The largest absolute Gasteiger partial charge is 0.380 e. The molecule has 0 unspecified atom stereocenters. The quantitative estimate of drug-likeness (QED) is 0.661. The van der Waals surface area contributed by atoms with Crippen molar-refractivity contribution in [2.75, 3.05) is 30.4 Å². The van der Waals surface area contributed by atoms with Gasteiger partial charge in [0.15, 0.2) is 5.82 Å². The van der Waals surface area contributed by atoms with Crippen LogP contribution < -0.4 is 10.2 Å². The number of fused-ring (bicyclic) bond motifs is 1. The zero-order valence-corrected chi connectivity index (χ0v) is 17.7. The molecular weight excluding hydrogens is 381 g/mol. The van der Waals surface area contributed by atoms with Gasteiger partial charge < -0.3 is 20.1 Å². The fourth-order valence-corrected chi connectivity index (χ4v) is 4.12. The Bertz CT molecular complexity index is 1040. The van der Waals surface area contributed by atoms with Crippen molar-refractivity contribution < 1.29 is 9.18 Å². The molecule has 1 aliphatic rings. The van der Waals surface area contributed by atoms with Crippen LogP contribution in [0, 0.1) is 5.82 Å². The fourth-order valence-electron chi connectivity index (χ4n) is 4.12. The number of rotatable bonds is 5. The standard InChI is InChI=1S/C23H28FN5O/c1-15(2)26-20-5-4-10-25-22(20)28(3)18-8-11-29(12-9-18)23(30)21-14-16-13-17(24)6-7-19(16)27-21/h4-7,10,13-15,18,26-27H,8-9,11-12H2,1-3H3. The van der Waals surface area contributed by atoms with E-state index in [4.69, 9.17) is 0 Å². The Morgan fingerprint density at radius 1 is 1.27 bits per heavy atom. The smallest absolute Gasteiger partial charge is 0.270 e. The number of nitrogens with one attached hydrogen (secondary N) is 2. The first-order valence-electron chi connectivity index (χ1n) is 10.4. The number of halogens is 1. The molecule has 0 radical (unpaired) electrons. The molecule has 0 aliphatic carbocycles. The number of likely N-dealkylation sites (tertiary alicyclic amines) is 1. The van der Waals surface area contributed by atoms with Gasteiger partial charge in [-0.25, -0.2) is 9.37 Å². The number of aromatic amines is 1. The van der Waals surface area contributed by atoms with Crippen molar-refractivity contribution in [3.63, 3.8) is 0 Å². The molecule has 0 spiro atoms. The summed E-state index contributed by atoms with van der Waals surface area (Å²) in [5.74, 6) is 0.603. The van der Waals surface area contributed by atoms with E-state index in [1.54, 1.807) is 12.1 Å². The van der Waals surface area contributed by atoms with Gasteiger partial charge in [0.05, 0.1) is 5.69 Å². The minimum atomic E-state index is -0.301. The van der Waals surface area contributed by atoms with Crippen LogP contribution in [0.15, 0.2) is 42.6 Å². The maximum absolute atomic E-state index is 13.4. The number of hydrogen-bond acceptors (Lipinski definition) is 4. The monoisotopic (exact) mass is 409 g/mol. The van der Waals surface area contributed by atoms with Crippen LogP contribution in [0.25, 0.3) is 10.9 Å². The Hall–Kier alpha value is -3.09. The molecule has 2 aromatic heterocycles. The average Bonchev–Trinajstić information content (AvgIpc) is 3.16. The molecule has 3 heterocycles. The summed E-state index contributed by atoms with van der Waals surface area (Å²) < 4.78 is 13.4. The van der Waals surface area contributed by atoms with Gasteiger partial charge in [-0.3, -0.25) is 4.79 Å². The predicted molar refractivity (Wildman–Crippen MR) is 119 cm³/mol. The third-order valence-corrected chi connectivity index (χ3v) is 5.68. The molecule has 158 valence electrons. The van der Waals surface area contributed by atoms with Crippen molar-refractivity contribution in [1.29, 1.82) is 0 Å². The number of hydrogen-bond donors (Lipinski definition) is 2. The second-order valence-electron chi connectivity index (χ2n) is 8.22. The molecule has 1 saturated heterocycles. The molecule has 4 rings (SSSR count). The lowest BCUT2D eigenvalue weighted by Gasteiger charge is -2.37.